The van der Waals surface area contributed by atoms with Gasteiger partial charge in [-0.2, -0.15) is 0 Å². The van der Waals surface area contributed by atoms with E-state index in [4.69, 9.17) is 5.79 Å². The molecule has 0 bridgehead atoms. The van der Waals surface area contributed by atoms with Crippen molar-refractivity contribution in [3.05, 3.63) is 69.2 Å². The number of benzene rings is 2. The number of halogens is 1. The number of anilines is 1. The van der Waals surface area contributed by atoms with E-state index in [2.05, 4.69) is 25.8 Å². The average Bonchev–Trinajstić information content (AvgIpc) is 3.17. The Morgan fingerprint density at radius 3 is 2.79 bits per heavy atom. The SMILES string of the molecule is [2H]c1c(N2CCC(c3nc4ccccc4o3)CC2)c2cc(Br)ccc2n(C)c1=O. The molecule has 0 unspecified atom stereocenters. The Kier molecular flexibility index (Phi) is 3.96. The fraction of sp³-hybridized carbons (Fsp3) is 0.273. The molecule has 5 rings (SSSR count). The number of hydrogen-bond donors (Lipinski definition) is 0. The van der Waals surface area contributed by atoms with Gasteiger partial charge in [-0.3, -0.25) is 4.79 Å². The standard InChI is InChI=1S/C22H20BrN3O2/c1-25-18-7-6-15(23)12-16(18)19(13-21(25)27)26-10-8-14(9-11-26)22-24-17-4-2-3-5-20(17)28-22/h2-7,12-14H,8-11H2,1H3/i13D. The lowest BCUT2D eigenvalue weighted by molar-refractivity contribution is 0.407. The van der Waals surface area contributed by atoms with E-state index in [1.807, 2.05) is 42.5 Å². The molecule has 1 aliphatic heterocycles. The van der Waals surface area contributed by atoms with E-state index in [-0.39, 0.29) is 17.5 Å². The molecule has 1 fully saturated rings. The minimum absolute atomic E-state index is 0.0541. The number of aryl methyl sites for hydroxylation is 1. The van der Waals surface area contributed by atoms with Crippen LogP contribution in [0.25, 0.3) is 22.0 Å². The number of rotatable bonds is 2. The molecule has 3 heterocycles. The molecule has 1 saturated heterocycles. The average molecular weight is 439 g/mol. The van der Waals surface area contributed by atoms with Crippen molar-refractivity contribution in [2.24, 2.45) is 7.05 Å². The van der Waals surface area contributed by atoms with Crippen LogP contribution in [-0.4, -0.2) is 22.6 Å². The number of nitrogens with zero attached hydrogens (tertiary/aromatic N) is 3. The molecular weight excluding hydrogens is 418 g/mol. The van der Waals surface area contributed by atoms with E-state index in [0.717, 1.165) is 64.0 Å². The quantitative estimate of drug-likeness (QED) is 0.449. The molecule has 28 heavy (non-hydrogen) atoms. The number of para-hydroxylation sites is 2. The molecule has 6 heteroatoms. The third-order valence-electron chi connectivity index (χ3n) is 5.58. The zero-order valence-corrected chi connectivity index (χ0v) is 17.1. The zero-order valence-electron chi connectivity index (χ0n) is 16.5. The van der Waals surface area contributed by atoms with Crippen molar-refractivity contribution in [3.63, 3.8) is 0 Å². The van der Waals surface area contributed by atoms with Gasteiger partial charge in [0.1, 0.15) is 5.52 Å². The second kappa shape index (κ2) is 6.78. The molecule has 1 aliphatic rings. The molecule has 0 saturated carbocycles. The third-order valence-corrected chi connectivity index (χ3v) is 6.07. The Morgan fingerprint density at radius 1 is 1.21 bits per heavy atom. The summed E-state index contributed by atoms with van der Waals surface area (Å²) in [4.78, 5) is 19.4. The van der Waals surface area contributed by atoms with Crippen LogP contribution in [0.2, 0.25) is 0 Å². The first kappa shape index (κ1) is 16.4. The number of fused-ring (bicyclic) bond motifs is 2. The van der Waals surface area contributed by atoms with Crippen LogP contribution < -0.4 is 10.5 Å². The normalized spacial score (nSPS) is 16.1. The van der Waals surface area contributed by atoms with E-state index >= 15 is 0 Å². The maximum atomic E-state index is 12.6. The molecule has 0 amide bonds. The highest BCUT2D eigenvalue weighted by atomic mass is 79.9. The summed E-state index contributed by atoms with van der Waals surface area (Å²) < 4.78 is 16.9. The summed E-state index contributed by atoms with van der Waals surface area (Å²) >= 11 is 3.53. The Morgan fingerprint density at radius 2 is 2.00 bits per heavy atom. The predicted octanol–water partition coefficient (Wildman–Crippen LogP) is 4.83. The maximum absolute atomic E-state index is 12.6. The van der Waals surface area contributed by atoms with Gasteiger partial charge >= 0.3 is 0 Å². The van der Waals surface area contributed by atoms with E-state index in [1.165, 1.54) is 0 Å². The van der Waals surface area contributed by atoms with Gasteiger partial charge in [0, 0.05) is 42.0 Å². The van der Waals surface area contributed by atoms with Crippen molar-refractivity contribution in [2.75, 3.05) is 18.0 Å². The van der Waals surface area contributed by atoms with Gasteiger partial charge in [0.15, 0.2) is 11.5 Å². The van der Waals surface area contributed by atoms with Crippen LogP contribution in [0.5, 0.6) is 0 Å². The minimum Gasteiger partial charge on any atom is -0.440 e. The number of hydrogen-bond acceptors (Lipinski definition) is 4. The summed E-state index contributed by atoms with van der Waals surface area (Å²) in [6, 6.07) is 13.7. The van der Waals surface area contributed by atoms with E-state index in [0.29, 0.717) is 0 Å². The molecule has 0 spiro atoms. The van der Waals surface area contributed by atoms with Crippen LogP contribution >= 0.6 is 15.9 Å². The van der Waals surface area contributed by atoms with Crippen LogP contribution in [0.3, 0.4) is 0 Å². The van der Waals surface area contributed by atoms with E-state index < -0.39 is 0 Å². The molecule has 142 valence electrons. The number of oxazole rings is 1. The number of piperidine rings is 1. The summed E-state index contributed by atoms with van der Waals surface area (Å²) in [6.07, 6.45) is 1.74. The Hall–Kier alpha value is -2.60. The van der Waals surface area contributed by atoms with Gasteiger partial charge < -0.3 is 13.9 Å². The molecule has 0 atom stereocenters. The lowest BCUT2D eigenvalue weighted by atomic mass is 9.96. The van der Waals surface area contributed by atoms with E-state index in [1.54, 1.807) is 11.6 Å². The summed E-state index contributed by atoms with van der Waals surface area (Å²) in [5.74, 6) is 1.03. The van der Waals surface area contributed by atoms with Gasteiger partial charge in [0.2, 0.25) is 0 Å². The first-order chi connectivity index (χ1) is 14.0. The zero-order chi connectivity index (χ0) is 20.1. The molecule has 2 aromatic heterocycles. The van der Waals surface area contributed by atoms with Crippen molar-refractivity contribution in [1.29, 1.82) is 0 Å². The summed E-state index contributed by atoms with van der Waals surface area (Å²) in [5.41, 5.74) is 3.00. The first-order valence-electron chi connectivity index (χ1n) is 9.92. The largest absolute Gasteiger partial charge is 0.440 e. The lowest BCUT2D eigenvalue weighted by Crippen LogP contribution is -2.34. The fourth-order valence-corrected chi connectivity index (χ4v) is 4.38. The van der Waals surface area contributed by atoms with E-state index in [9.17, 15) is 4.79 Å². The topological polar surface area (TPSA) is 51.3 Å². The van der Waals surface area contributed by atoms with Crippen LogP contribution in [0.1, 0.15) is 26.0 Å². The van der Waals surface area contributed by atoms with Gasteiger partial charge in [-0.1, -0.05) is 28.1 Å². The smallest absolute Gasteiger partial charge is 0.252 e. The molecule has 5 nitrogen and oxygen atoms in total. The van der Waals surface area contributed by atoms with Crippen molar-refractivity contribution in [1.82, 2.24) is 9.55 Å². The van der Waals surface area contributed by atoms with Crippen LogP contribution in [0.15, 0.2) is 62.2 Å². The molecule has 0 N–H and O–H groups in total. The third kappa shape index (κ3) is 2.92. The maximum Gasteiger partial charge on any atom is 0.252 e. The highest BCUT2D eigenvalue weighted by molar-refractivity contribution is 9.10. The van der Waals surface area contributed by atoms with Crippen LogP contribution in [0.4, 0.5) is 5.69 Å². The molecule has 0 radical (unpaired) electrons. The lowest BCUT2D eigenvalue weighted by Gasteiger charge is -2.33. The Balaban J connectivity index is 1.48. The van der Waals surface area contributed by atoms with Crippen molar-refractivity contribution in [2.45, 2.75) is 18.8 Å². The van der Waals surface area contributed by atoms with Gasteiger partial charge in [0.25, 0.3) is 5.56 Å². The molecular formula is C22H20BrN3O2. The highest BCUT2D eigenvalue weighted by Crippen LogP contribution is 2.34. The molecule has 2 aromatic carbocycles. The summed E-state index contributed by atoms with van der Waals surface area (Å²) in [6.45, 7) is 1.51. The Labute approximate surface area is 172 Å². The Bertz CT molecular complexity index is 1260. The second-order valence-electron chi connectivity index (χ2n) is 7.28. The monoisotopic (exact) mass is 438 g/mol. The van der Waals surface area contributed by atoms with Gasteiger partial charge in [-0.05, 0) is 43.2 Å². The van der Waals surface area contributed by atoms with Crippen LogP contribution in [-0.2, 0) is 7.05 Å². The molecule has 0 aliphatic carbocycles. The number of pyridine rings is 1. The van der Waals surface area contributed by atoms with Gasteiger partial charge in [-0.15, -0.1) is 0 Å². The fourth-order valence-electron chi connectivity index (χ4n) is 4.02. The van der Waals surface area contributed by atoms with Gasteiger partial charge in [0.05, 0.1) is 12.6 Å². The predicted molar refractivity (Wildman–Crippen MR) is 115 cm³/mol. The second-order valence-corrected chi connectivity index (χ2v) is 8.20. The minimum atomic E-state index is -0.268. The highest BCUT2D eigenvalue weighted by Gasteiger charge is 2.26. The van der Waals surface area contributed by atoms with Crippen molar-refractivity contribution >= 4 is 43.6 Å². The van der Waals surface area contributed by atoms with Crippen molar-refractivity contribution in [3.8, 4) is 0 Å². The first-order valence-corrected chi connectivity index (χ1v) is 10.2. The summed E-state index contributed by atoms with van der Waals surface area (Å²) in [7, 11) is 1.72. The van der Waals surface area contributed by atoms with Crippen LogP contribution in [0, 0.1) is 0 Å². The summed E-state index contributed by atoms with van der Waals surface area (Å²) in [5, 5.41) is 0.923. The number of aromatic nitrogens is 2. The molecule has 4 aromatic rings. The van der Waals surface area contributed by atoms with Crippen molar-refractivity contribution < 1.29 is 5.79 Å². The van der Waals surface area contributed by atoms with Gasteiger partial charge in [-0.25, -0.2) is 4.98 Å².